The van der Waals surface area contributed by atoms with Gasteiger partial charge in [0.05, 0.1) is 12.5 Å². The van der Waals surface area contributed by atoms with Crippen molar-refractivity contribution in [3.05, 3.63) is 0 Å². The summed E-state index contributed by atoms with van der Waals surface area (Å²) in [7, 11) is 0. The Labute approximate surface area is 73.0 Å². The van der Waals surface area contributed by atoms with Crippen molar-refractivity contribution in [3.8, 4) is 0 Å². The van der Waals surface area contributed by atoms with Crippen LogP contribution in [0.5, 0.6) is 0 Å². The van der Waals surface area contributed by atoms with Gasteiger partial charge in [0.1, 0.15) is 5.60 Å². The Balaban J connectivity index is 2.19. The van der Waals surface area contributed by atoms with Crippen molar-refractivity contribution in [1.29, 1.82) is 0 Å². The van der Waals surface area contributed by atoms with Crippen molar-refractivity contribution in [2.24, 2.45) is 0 Å². The van der Waals surface area contributed by atoms with E-state index in [1.807, 2.05) is 20.8 Å². The van der Waals surface area contributed by atoms with Crippen molar-refractivity contribution in [2.45, 2.75) is 45.3 Å². The van der Waals surface area contributed by atoms with E-state index in [0.29, 0.717) is 6.42 Å². The van der Waals surface area contributed by atoms with Crippen LogP contribution in [0.2, 0.25) is 0 Å². The average Bonchev–Trinajstić information content (AvgIpc) is 1.74. The topological polar surface area (TPSA) is 35.5 Å². The zero-order valence-corrected chi connectivity index (χ0v) is 7.92. The third-order valence-electron chi connectivity index (χ3n) is 1.61. The Bertz CT molecular complexity index is 165. The predicted octanol–water partition coefficient (Wildman–Crippen LogP) is 1.51. The van der Waals surface area contributed by atoms with Crippen LogP contribution in [-0.4, -0.2) is 24.3 Å². The normalized spacial score (nSPS) is 23.1. The van der Waals surface area contributed by atoms with Crippen molar-refractivity contribution < 1.29 is 14.3 Å². The summed E-state index contributed by atoms with van der Waals surface area (Å²) in [5.41, 5.74) is -0.374. The van der Waals surface area contributed by atoms with Gasteiger partial charge in [-0.2, -0.15) is 0 Å². The molecule has 1 atom stereocenters. The number of carbonyl (C=O) groups is 1. The fourth-order valence-electron chi connectivity index (χ4n) is 1.01. The molecule has 0 aromatic carbocycles. The largest absolute Gasteiger partial charge is 0.460 e. The third kappa shape index (κ3) is 3.22. The van der Waals surface area contributed by atoms with Gasteiger partial charge in [0.15, 0.2) is 0 Å². The highest BCUT2D eigenvalue weighted by atomic mass is 16.6. The molecule has 0 saturated carbocycles. The first-order valence-electron chi connectivity index (χ1n) is 4.31. The van der Waals surface area contributed by atoms with Gasteiger partial charge >= 0.3 is 5.97 Å². The van der Waals surface area contributed by atoms with Crippen molar-refractivity contribution >= 4 is 5.97 Å². The molecule has 12 heavy (non-hydrogen) atoms. The fourth-order valence-corrected chi connectivity index (χ4v) is 1.01. The highest BCUT2D eigenvalue weighted by Crippen LogP contribution is 2.17. The lowest BCUT2D eigenvalue weighted by Gasteiger charge is -2.27. The molecule has 0 spiro atoms. The minimum atomic E-state index is -0.374. The minimum Gasteiger partial charge on any atom is -0.460 e. The zero-order chi connectivity index (χ0) is 9.19. The second-order valence-corrected chi connectivity index (χ2v) is 4.07. The first kappa shape index (κ1) is 9.52. The second kappa shape index (κ2) is 3.44. The van der Waals surface area contributed by atoms with Crippen LogP contribution in [0.3, 0.4) is 0 Å². The molecule has 0 aliphatic carbocycles. The Morgan fingerprint density at radius 1 is 1.58 bits per heavy atom. The lowest BCUT2D eigenvalue weighted by atomic mass is 10.1. The molecule has 70 valence electrons. The van der Waals surface area contributed by atoms with Gasteiger partial charge in [0.2, 0.25) is 0 Å². The molecule has 3 heteroatoms. The van der Waals surface area contributed by atoms with Gasteiger partial charge in [0, 0.05) is 6.61 Å². The van der Waals surface area contributed by atoms with Crippen LogP contribution in [0.1, 0.15) is 33.6 Å². The molecule has 1 fully saturated rings. The van der Waals surface area contributed by atoms with E-state index in [2.05, 4.69) is 0 Å². The summed E-state index contributed by atoms with van der Waals surface area (Å²) in [5, 5.41) is 0. The number of hydrogen-bond acceptors (Lipinski definition) is 3. The highest BCUT2D eigenvalue weighted by Gasteiger charge is 2.24. The molecule has 1 saturated heterocycles. The van der Waals surface area contributed by atoms with Gasteiger partial charge < -0.3 is 9.47 Å². The Kier molecular flexibility index (Phi) is 2.73. The average molecular weight is 172 g/mol. The summed E-state index contributed by atoms with van der Waals surface area (Å²) in [6.45, 7) is 6.39. The summed E-state index contributed by atoms with van der Waals surface area (Å²) in [5.74, 6) is -0.160. The molecule has 0 bridgehead atoms. The maximum Gasteiger partial charge on any atom is 0.308 e. The van der Waals surface area contributed by atoms with Gasteiger partial charge in [-0.1, -0.05) is 0 Å². The monoisotopic (exact) mass is 172 g/mol. The van der Waals surface area contributed by atoms with Crippen LogP contribution < -0.4 is 0 Å². The number of ether oxygens (including phenoxy) is 2. The third-order valence-corrected chi connectivity index (χ3v) is 1.61. The highest BCUT2D eigenvalue weighted by molar-refractivity contribution is 5.70. The molecule has 1 unspecified atom stereocenters. The van der Waals surface area contributed by atoms with Gasteiger partial charge in [-0.15, -0.1) is 0 Å². The molecule has 0 aromatic rings. The van der Waals surface area contributed by atoms with E-state index >= 15 is 0 Å². The minimum absolute atomic E-state index is 0.111. The molecule has 1 aliphatic rings. The summed E-state index contributed by atoms with van der Waals surface area (Å²) < 4.78 is 10.2. The van der Waals surface area contributed by atoms with Crippen molar-refractivity contribution in [1.82, 2.24) is 0 Å². The molecule has 1 aliphatic heterocycles. The van der Waals surface area contributed by atoms with Gasteiger partial charge in [0.25, 0.3) is 0 Å². The first-order valence-corrected chi connectivity index (χ1v) is 4.31. The molecule has 0 N–H and O–H groups in total. The fraction of sp³-hybridized carbons (Fsp3) is 0.889. The van der Waals surface area contributed by atoms with E-state index in [1.165, 1.54) is 0 Å². The summed E-state index contributed by atoms with van der Waals surface area (Å²) in [6, 6.07) is 0. The van der Waals surface area contributed by atoms with Crippen LogP contribution in [-0.2, 0) is 14.3 Å². The number of esters is 1. The van der Waals surface area contributed by atoms with Crippen molar-refractivity contribution in [2.75, 3.05) is 6.61 Å². The number of hydrogen-bond donors (Lipinski definition) is 0. The van der Waals surface area contributed by atoms with Crippen LogP contribution >= 0.6 is 0 Å². The van der Waals surface area contributed by atoms with E-state index in [1.54, 1.807) is 0 Å². The van der Waals surface area contributed by atoms with Gasteiger partial charge in [-0.05, 0) is 27.2 Å². The maximum atomic E-state index is 11.2. The van der Waals surface area contributed by atoms with Crippen LogP contribution in [0.4, 0.5) is 0 Å². The Morgan fingerprint density at radius 3 is 2.50 bits per heavy atom. The quantitative estimate of drug-likeness (QED) is 0.592. The molecule has 0 aromatic heterocycles. The molecule has 3 nitrogen and oxygen atoms in total. The molecule has 0 radical (unpaired) electrons. The van der Waals surface area contributed by atoms with E-state index in [4.69, 9.17) is 9.47 Å². The van der Waals surface area contributed by atoms with Crippen LogP contribution in [0.15, 0.2) is 0 Å². The van der Waals surface area contributed by atoms with E-state index in [0.717, 1.165) is 13.0 Å². The Hall–Kier alpha value is -0.570. The van der Waals surface area contributed by atoms with Crippen molar-refractivity contribution in [3.63, 3.8) is 0 Å². The smallest absolute Gasteiger partial charge is 0.308 e. The second-order valence-electron chi connectivity index (χ2n) is 4.07. The Morgan fingerprint density at radius 2 is 2.17 bits per heavy atom. The summed E-state index contributed by atoms with van der Waals surface area (Å²) >= 11 is 0. The number of carbonyl (C=O) groups excluding carboxylic acids is 1. The van der Waals surface area contributed by atoms with Gasteiger partial charge in [-0.25, -0.2) is 0 Å². The number of rotatable bonds is 2. The SMILES string of the molecule is CC(C)(C)OC(=O)CC1CCO1. The van der Waals surface area contributed by atoms with E-state index < -0.39 is 0 Å². The standard InChI is InChI=1S/C9H16O3/c1-9(2,3)12-8(10)6-7-4-5-11-7/h7H,4-6H2,1-3H3. The summed E-state index contributed by atoms with van der Waals surface area (Å²) in [6.07, 6.45) is 1.50. The molecular formula is C9H16O3. The predicted molar refractivity (Wildman–Crippen MR) is 44.8 cm³/mol. The zero-order valence-electron chi connectivity index (χ0n) is 7.92. The van der Waals surface area contributed by atoms with Crippen LogP contribution in [0.25, 0.3) is 0 Å². The van der Waals surface area contributed by atoms with Crippen LogP contribution in [0, 0.1) is 0 Å². The lowest BCUT2D eigenvalue weighted by molar-refractivity contribution is -0.162. The molecule has 1 rings (SSSR count). The molecule has 1 heterocycles. The molecular weight excluding hydrogens is 156 g/mol. The van der Waals surface area contributed by atoms with Gasteiger partial charge in [-0.3, -0.25) is 4.79 Å². The van der Waals surface area contributed by atoms with E-state index in [9.17, 15) is 4.79 Å². The lowest BCUT2D eigenvalue weighted by Crippen LogP contribution is -2.32. The first-order chi connectivity index (χ1) is 5.47. The molecule has 0 amide bonds. The summed E-state index contributed by atoms with van der Waals surface area (Å²) in [4.78, 5) is 11.2. The van der Waals surface area contributed by atoms with E-state index in [-0.39, 0.29) is 17.7 Å². The maximum absolute atomic E-state index is 11.2.